The molecule has 1 aromatic heterocycles. The lowest BCUT2D eigenvalue weighted by atomic mass is 10.2. The highest BCUT2D eigenvalue weighted by Gasteiger charge is 2.21. The van der Waals surface area contributed by atoms with Gasteiger partial charge in [-0.25, -0.2) is 4.98 Å². The Labute approximate surface area is 156 Å². The molecule has 1 N–H and O–H groups in total. The molecule has 0 bridgehead atoms. The Morgan fingerprint density at radius 3 is 3.04 bits per heavy atom. The molecule has 1 aliphatic heterocycles. The Hall–Kier alpha value is -1.41. The van der Waals surface area contributed by atoms with E-state index >= 15 is 0 Å². The van der Waals surface area contributed by atoms with E-state index in [2.05, 4.69) is 39.5 Å². The lowest BCUT2D eigenvalue weighted by Gasteiger charge is -2.33. The fourth-order valence-electron chi connectivity index (χ4n) is 2.69. The van der Waals surface area contributed by atoms with E-state index in [-0.39, 0.29) is 12.0 Å². The van der Waals surface area contributed by atoms with Crippen LogP contribution >= 0.6 is 23.1 Å². The lowest BCUT2D eigenvalue weighted by molar-refractivity contribution is -0.119. The van der Waals surface area contributed by atoms with Crippen LogP contribution in [0.1, 0.15) is 11.3 Å². The molecule has 1 saturated heterocycles. The number of morpholine rings is 1. The molecule has 2 aromatic rings. The highest BCUT2D eigenvalue weighted by atomic mass is 32.2. The molecule has 0 aliphatic carbocycles. The topological polar surface area (TPSA) is 54.5 Å². The molecule has 1 fully saturated rings. The smallest absolute Gasteiger partial charge is 0.230 e. The predicted octanol–water partition coefficient (Wildman–Crippen LogP) is 2.56. The van der Waals surface area contributed by atoms with Crippen molar-refractivity contribution < 1.29 is 9.53 Å². The Morgan fingerprint density at radius 1 is 1.44 bits per heavy atom. The number of aromatic nitrogens is 1. The number of carbonyl (C=O) groups is 1. The molecule has 2 heterocycles. The SMILES string of the molecule is Cc1csc(SCC(=O)NC[C@H]2CN(Cc3ccccc3)CCO2)n1. The molecular formula is C18H23N3O2S2. The van der Waals surface area contributed by atoms with Crippen LogP contribution in [-0.2, 0) is 16.1 Å². The zero-order valence-electron chi connectivity index (χ0n) is 14.3. The van der Waals surface area contributed by atoms with E-state index in [1.807, 2.05) is 18.4 Å². The van der Waals surface area contributed by atoms with Gasteiger partial charge in [0.25, 0.3) is 0 Å². The maximum Gasteiger partial charge on any atom is 0.230 e. The summed E-state index contributed by atoms with van der Waals surface area (Å²) in [7, 11) is 0. The molecule has 1 aliphatic rings. The van der Waals surface area contributed by atoms with E-state index in [0.717, 1.165) is 29.7 Å². The molecule has 1 atom stereocenters. The summed E-state index contributed by atoms with van der Waals surface area (Å²) in [5, 5.41) is 4.98. The Kier molecular flexibility index (Phi) is 6.86. The first-order chi connectivity index (χ1) is 12.2. The number of nitrogens with zero attached hydrogens (tertiary/aromatic N) is 2. The number of hydrogen-bond acceptors (Lipinski definition) is 6. The monoisotopic (exact) mass is 377 g/mol. The normalized spacial score (nSPS) is 18.2. The van der Waals surface area contributed by atoms with E-state index in [1.165, 1.54) is 17.3 Å². The molecule has 7 heteroatoms. The van der Waals surface area contributed by atoms with Gasteiger partial charge in [-0.3, -0.25) is 9.69 Å². The van der Waals surface area contributed by atoms with Crippen LogP contribution < -0.4 is 5.32 Å². The number of carbonyl (C=O) groups excluding carboxylic acids is 1. The van der Waals surface area contributed by atoms with Gasteiger partial charge in [0.05, 0.1) is 18.5 Å². The number of benzene rings is 1. The summed E-state index contributed by atoms with van der Waals surface area (Å²) in [5.74, 6) is 0.426. The van der Waals surface area contributed by atoms with E-state index < -0.39 is 0 Å². The summed E-state index contributed by atoms with van der Waals surface area (Å²) in [6, 6.07) is 10.4. The minimum Gasteiger partial charge on any atom is -0.374 e. The Morgan fingerprint density at radius 2 is 2.28 bits per heavy atom. The Balaban J connectivity index is 1.38. The third-order valence-corrected chi connectivity index (χ3v) is 6.06. The quantitative estimate of drug-likeness (QED) is 0.752. The molecule has 3 rings (SSSR count). The van der Waals surface area contributed by atoms with Crippen LogP contribution in [0.25, 0.3) is 0 Å². The molecule has 0 unspecified atom stereocenters. The summed E-state index contributed by atoms with van der Waals surface area (Å²) in [5.41, 5.74) is 2.31. The number of thiazole rings is 1. The van der Waals surface area contributed by atoms with Gasteiger partial charge in [-0.15, -0.1) is 11.3 Å². The second kappa shape index (κ2) is 9.33. The predicted molar refractivity (Wildman–Crippen MR) is 102 cm³/mol. The highest BCUT2D eigenvalue weighted by Crippen LogP contribution is 2.21. The van der Waals surface area contributed by atoms with Gasteiger partial charge in [0.2, 0.25) is 5.91 Å². The average molecular weight is 378 g/mol. The first kappa shape index (κ1) is 18.4. The van der Waals surface area contributed by atoms with Crippen molar-refractivity contribution in [3.8, 4) is 0 Å². The fourth-order valence-corrected chi connectivity index (χ4v) is 4.37. The van der Waals surface area contributed by atoms with Gasteiger partial charge in [0, 0.05) is 37.3 Å². The van der Waals surface area contributed by atoms with E-state index in [0.29, 0.717) is 18.9 Å². The largest absolute Gasteiger partial charge is 0.374 e. The van der Waals surface area contributed by atoms with Crippen molar-refractivity contribution in [1.82, 2.24) is 15.2 Å². The van der Waals surface area contributed by atoms with Gasteiger partial charge in [-0.05, 0) is 12.5 Å². The molecule has 0 spiro atoms. The maximum atomic E-state index is 12.0. The van der Waals surface area contributed by atoms with Crippen LogP contribution in [-0.4, -0.2) is 53.9 Å². The summed E-state index contributed by atoms with van der Waals surface area (Å²) in [6.45, 7) is 5.92. The summed E-state index contributed by atoms with van der Waals surface area (Å²) in [6.07, 6.45) is 0.0496. The number of thioether (sulfide) groups is 1. The van der Waals surface area contributed by atoms with Crippen molar-refractivity contribution in [3.63, 3.8) is 0 Å². The van der Waals surface area contributed by atoms with Crippen molar-refractivity contribution >= 4 is 29.0 Å². The van der Waals surface area contributed by atoms with Gasteiger partial charge >= 0.3 is 0 Å². The van der Waals surface area contributed by atoms with Crippen LogP contribution in [0.2, 0.25) is 0 Å². The van der Waals surface area contributed by atoms with Crippen LogP contribution in [0.4, 0.5) is 0 Å². The van der Waals surface area contributed by atoms with Gasteiger partial charge in [0.15, 0.2) is 4.34 Å². The number of amides is 1. The van der Waals surface area contributed by atoms with Gasteiger partial charge in [-0.1, -0.05) is 42.1 Å². The van der Waals surface area contributed by atoms with Crippen LogP contribution in [0.3, 0.4) is 0 Å². The molecule has 5 nitrogen and oxygen atoms in total. The fraction of sp³-hybridized carbons (Fsp3) is 0.444. The van der Waals surface area contributed by atoms with Crippen LogP contribution in [0.5, 0.6) is 0 Å². The lowest BCUT2D eigenvalue weighted by Crippen LogP contribution is -2.47. The highest BCUT2D eigenvalue weighted by molar-refractivity contribution is 8.01. The summed E-state index contributed by atoms with van der Waals surface area (Å²) in [4.78, 5) is 18.7. The number of aryl methyl sites for hydroxylation is 1. The van der Waals surface area contributed by atoms with Gasteiger partial charge in [-0.2, -0.15) is 0 Å². The zero-order valence-corrected chi connectivity index (χ0v) is 15.9. The van der Waals surface area contributed by atoms with Crippen molar-refractivity contribution in [3.05, 3.63) is 47.0 Å². The van der Waals surface area contributed by atoms with Crippen LogP contribution in [0.15, 0.2) is 40.1 Å². The van der Waals surface area contributed by atoms with Crippen molar-refractivity contribution in [1.29, 1.82) is 0 Å². The average Bonchev–Trinajstić information content (AvgIpc) is 3.05. The number of ether oxygens (including phenoxy) is 1. The summed E-state index contributed by atoms with van der Waals surface area (Å²) >= 11 is 3.06. The third kappa shape index (κ3) is 6.11. The summed E-state index contributed by atoms with van der Waals surface area (Å²) < 4.78 is 6.73. The molecular weight excluding hydrogens is 354 g/mol. The molecule has 0 radical (unpaired) electrons. The molecule has 1 aromatic carbocycles. The second-order valence-corrected chi connectivity index (χ2v) is 8.14. The standard InChI is InChI=1S/C18H23N3O2S2/c1-14-12-24-18(20-14)25-13-17(22)19-9-16-11-21(7-8-23-16)10-15-5-3-2-4-6-15/h2-6,12,16H,7-11,13H2,1H3,(H,19,22)/t16-/m0/s1. The molecule has 134 valence electrons. The second-order valence-electron chi connectivity index (χ2n) is 6.06. The van der Waals surface area contributed by atoms with Gasteiger partial charge < -0.3 is 10.1 Å². The number of rotatable bonds is 7. The minimum atomic E-state index is 0.0293. The van der Waals surface area contributed by atoms with Crippen molar-refractivity contribution in [2.24, 2.45) is 0 Å². The third-order valence-electron chi connectivity index (χ3n) is 3.92. The van der Waals surface area contributed by atoms with E-state index in [4.69, 9.17) is 4.74 Å². The first-order valence-electron chi connectivity index (χ1n) is 8.38. The Bertz CT molecular complexity index is 678. The van der Waals surface area contributed by atoms with Crippen LogP contribution in [0, 0.1) is 6.92 Å². The van der Waals surface area contributed by atoms with E-state index in [1.54, 1.807) is 11.3 Å². The van der Waals surface area contributed by atoms with Gasteiger partial charge in [0.1, 0.15) is 0 Å². The van der Waals surface area contributed by atoms with E-state index in [9.17, 15) is 4.79 Å². The van der Waals surface area contributed by atoms with Crippen molar-refractivity contribution in [2.45, 2.75) is 23.9 Å². The zero-order chi connectivity index (χ0) is 17.5. The molecule has 1 amide bonds. The number of hydrogen-bond donors (Lipinski definition) is 1. The maximum absolute atomic E-state index is 12.0. The molecule has 25 heavy (non-hydrogen) atoms. The van der Waals surface area contributed by atoms with Crippen molar-refractivity contribution in [2.75, 3.05) is 32.0 Å². The number of nitrogens with one attached hydrogen (secondary N) is 1. The molecule has 0 saturated carbocycles. The minimum absolute atomic E-state index is 0.0293. The first-order valence-corrected chi connectivity index (χ1v) is 10.2.